The van der Waals surface area contributed by atoms with Crippen molar-refractivity contribution in [2.75, 3.05) is 26.3 Å². The van der Waals surface area contributed by atoms with E-state index in [2.05, 4.69) is 24.5 Å². The fourth-order valence-corrected chi connectivity index (χ4v) is 3.03. The van der Waals surface area contributed by atoms with Crippen LogP contribution in [0.1, 0.15) is 46.0 Å². The van der Waals surface area contributed by atoms with Gasteiger partial charge < -0.3 is 20.3 Å². The summed E-state index contributed by atoms with van der Waals surface area (Å²) in [6.07, 6.45) is 5.14. The molecular formula is C15H29N3O2. The molecule has 5 nitrogen and oxygen atoms in total. The van der Waals surface area contributed by atoms with Crippen molar-refractivity contribution in [1.82, 2.24) is 15.5 Å². The monoisotopic (exact) mass is 283 g/mol. The average molecular weight is 283 g/mol. The highest BCUT2D eigenvalue weighted by atomic mass is 16.5. The second-order valence-corrected chi connectivity index (χ2v) is 6.27. The third-order valence-electron chi connectivity index (χ3n) is 4.13. The molecule has 2 N–H and O–H groups in total. The molecule has 1 unspecified atom stereocenters. The van der Waals surface area contributed by atoms with Crippen molar-refractivity contribution in [3.05, 3.63) is 0 Å². The highest BCUT2D eigenvalue weighted by Crippen LogP contribution is 2.13. The van der Waals surface area contributed by atoms with E-state index >= 15 is 0 Å². The van der Waals surface area contributed by atoms with Crippen LogP contribution in [0.15, 0.2) is 0 Å². The van der Waals surface area contributed by atoms with Crippen molar-refractivity contribution in [2.24, 2.45) is 0 Å². The molecule has 2 amide bonds. The van der Waals surface area contributed by atoms with E-state index < -0.39 is 0 Å². The number of hydrogen-bond donors (Lipinski definition) is 2. The zero-order chi connectivity index (χ0) is 14.4. The van der Waals surface area contributed by atoms with Gasteiger partial charge >= 0.3 is 6.03 Å². The van der Waals surface area contributed by atoms with E-state index in [9.17, 15) is 4.79 Å². The molecule has 0 aromatic rings. The van der Waals surface area contributed by atoms with Crippen molar-refractivity contribution >= 4 is 6.03 Å². The number of carbonyl (C=O) groups is 1. The highest BCUT2D eigenvalue weighted by Gasteiger charge is 2.24. The predicted octanol–water partition coefficient (Wildman–Crippen LogP) is 1.73. The van der Waals surface area contributed by atoms with E-state index in [4.69, 9.17) is 4.74 Å². The second kappa shape index (κ2) is 7.84. The number of carbonyl (C=O) groups excluding carboxylic acids is 1. The van der Waals surface area contributed by atoms with Gasteiger partial charge in [-0.15, -0.1) is 0 Å². The van der Waals surface area contributed by atoms with Crippen LogP contribution in [0.4, 0.5) is 4.79 Å². The second-order valence-electron chi connectivity index (χ2n) is 6.27. The molecule has 2 heterocycles. The van der Waals surface area contributed by atoms with E-state index in [-0.39, 0.29) is 12.1 Å². The maximum Gasteiger partial charge on any atom is 0.317 e. The number of nitrogens with zero attached hydrogens (tertiary/aromatic N) is 1. The van der Waals surface area contributed by atoms with Crippen LogP contribution >= 0.6 is 0 Å². The van der Waals surface area contributed by atoms with Gasteiger partial charge in [0.15, 0.2) is 0 Å². The van der Waals surface area contributed by atoms with Crippen molar-refractivity contribution in [2.45, 2.75) is 64.1 Å². The van der Waals surface area contributed by atoms with E-state index in [1.54, 1.807) is 0 Å². The third-order valence-corrected chi connectivity index (χ3v) is 4.13. The Morgan fingerprint density at radius 2 is 1.85 bits per heavy atom. The molecule has 1 atom stereocenters. The lowest BCUT2D eigenvalue weighted by molar-refractivity contribution is 0.141. The highest BCUT2D eigenvalue weighted by molar-refractivity contribution is 5.74. The first kappa shape index (κ1) is 15.6. The smallest absolute Gasteiger partial charge is 0.317 e. The summed E-state index contributed by atoms with van der Waals surface area (Å²) in [5.41, 5.74) is 0. The number of ether oxygens (including phenoxy) is 1. The minimum Gasteiger partial charge on any atom is -0.381 e. The summed E-state index contributed by atoms with van der Waals surface area (Å²) in [5.74, 6) is 0. The lowest BCUT2D eigenvalue weighted by Gasteiger charge is -2.34. The Morgan fingerprint density at radius 1 is 1.10 bits per heavy atom. The van der Waals surface area contributed by atoms with Gasteiger partial charge in [-0.05, 0) is 32.1 Å². The SMILES string of the molecule is CC(C)NC1CCN(C(=O)NC2CCCOCC2)CC1. The molecule has 2 saturated heterocycles. The predicted molar refractivity (Wildman–Crippen MR) is 79.9 cm³/mol. The summed E-state index contributed by atoms with van der Waals surface area (Å²) in [6.45, 7) is 7.67. The van der Waals surface area contributed by atoms with E-state index in [1.165, 1.54) is 0 Å². The zero-order valence-electron chi connectivity index (χ0n) is 12.9. The van der Waals surface area contributed by atoms with Crippen molar-refractivity contribution in [1.29, 1.82) is 0 Å². The lowest BCUT2D eigenvalue weighted by atomic mass is 10.0. The third kappa shape index (κ3) is 4.94. The number of rotatable bonds is 3. The van der Waals surface area contributed by atoms with Crippen LogP contribution in [0.5, 0.6) is 0 Å². The summed E-state index contributed by atoms with van der Waals surface area (Å²) in [4.78, 5) is 14.2. The molecule has 116 valence electrons. The number of piperidine rings is 1. The van der Waals surface area contributed by atoms with Gasteiger partial charge in [-0.1, -0.05) is 13.8 Å². The summed E-state index contributed by atoms with van der Waals surface area (Å²) < 4.78 is 5.43. The first-order valence-corrected chi connectivity index (χ1v) is 8.04. The lowest BCUT2D eigenvalue weighted by Crippen LogP contribution is -2.51. The average Bonchev–Trinajstić information content (AvgIpc) is 2.67. The molecule has 0 radical (unpaired) electrons. The van der Waals surface area contributed by atoms with Gasteiger partial charge in [-0.25, -0.2) is 4.79 Å². The van der Waals surface area contributed by atoms with Crippen LogP contribution in [0.2, 0.25) is 0 Å². The van der Waals surface area contributed by atoms with Crippen LogP contribution in [0.3, 0.4) is 0 Å². The Balaban J connectivity index is 1.71. The Hall–Kier alpha value is -0.810. The van der Waals surface area contributed by atoms with Crippen molar-refractivity contribution in [3.63, 3.8) is 0 Å². The van der Waals surface area contributed by atoms with Crippen LogP contribution < -0.4 is 10.6 Å². The topological polar surface area (TPSA) is 53.6 Å². The Bertz CT molecular complexity index is 293. The minimum absolute atomic E-state index is 0.111. The van der Waals surface area contributed by atoms with E-state index in [1.807, 2.05) is 4.90 Å². The molecule has 20 heavy (non-hydrogen) atoms. The number of amides is 2. The first-order chi connectivity index (χ1) is 9.65. The van der Waals surface area contributed by atoms with Crippen LogP contribution in [-0.4, -0.2) is 55.4 Å². The Morgan fingerprint density at radius 3 is 2.55 bits per heavy atom. The summed E-state index contributed by atoms with van der Waals surface area (Å²) in [6, 6.07) is 1.48. The molecule has 0 aliphatic carbocycles. The summed E-state index contributed by atoms with van der Waals surface area (Å²) in [5, 5.41) is 6.73. The maximum absolute atomic E-state index is 12.3. The van der Waals surface area contributed by atoms with Gasteiger partial charge in [0.25, 0.3) is 0 Å². The van der Waals surface area contributed by atoms with Gasteiger partial charge in [0, 0.05) is 44.4 Å². The molecule has 2 aliphatic heterocycles. The quantitative estimate of drug-likeness (QED) is 0.829. The van der Waals surface area contributed by atoms with Gasteiger partial charge in [-0.3, -0.25) is 0 Å². The molecule has 0 aromatic heterocycles. The Kier molecular flexibility index (Phi) is 6.10. The summed E-state index contributed by atoms with van der Waals surface area (Å²) in [7, 11) is 0. The summed E-state index contributed by atoms with van der Waals surface area (Å²) >= 11 is 0. The Labute approximate surface area is 122 Å². The fraction of sp³-hybridized carbons (Fsp3) is 0.933. The molecule has 2 fully saturated rings. The van der Waals surface area contributed by atoms with Crippen molar-refractivity contribution in [3.8, 4) is 0 Å². The zero-order valence-corrected chi connectivity index (χ0v) is 12.9. The molecule has 0 bridgehead atoms. The van der Waals surface area contributed by atoms with Crippen molar-refractivity contribution < 1.29 is 9.53 Å². The first-order valence-electron chi connectivity index (χ1n) is 8.04. The standard InChI is InChI=1S/C15H29N3O2/c1-12(2)16-14-5-8-18(9-6-14)15(19)17-13-4-3-10-20-11-7-13/h12-14,16H,3-11H2,1-2H3,(H,17,19). The van der Waals surface area contributed by atoms with Gasteiger partial charge in [-0.2, -0.15) is 0 Å². The maximum atomic E-state index is 12.3. The number of hydrogen-bond acceptors (Lipinski definition) is 3. The normalized spacial score (nSPS) is 25.6. The van der Waals surface area contributed by atoms with Gasteiger partial charge in [0.1, 0.15) is 0 Å². The van der Waals surface area contributed by atoms with Crippen LogP contribution in [0.25, 0.3) is 0 Å². The van der Waals surface area contributed by atoms with E-state index in [0.717, 1.165) is 58.4 Å². The molecule has 0 spiro atoms. The molecule has 2 aliphatic rings. The van der Waals surface area contributed by atoms with Gasteiger partial charge in [0.2, 0.25) is 0 Å². The number of likely N-dealkylation sites (tertiary alicyclic amines) is 1. The molecule has 5 heteroatoms. The molecule has 2 rings (SSSR count). The van der Waals surface area contributed by atoms with Crippen LogP contribution in [-0.2, 0) is 4.74 Å². The molecule has 0 aromatic carbocycles. The molecule has 0 saturated carbocycles. The van der Waals surface area contributed by atoms with Crippen LogP contribution in [0, 0.1) is 0 Å². The number of nitrogens with one attached hydrogen (secondary N) is 2. The number of urea groups is 1. The van der Waals surface area contributed by atoms with Gasteiger partial charge in [0.05, 0.1) is 0 Å². The minimum atomic E-state index is 0.111. The fourth-order valence-electron chi connectivity index (χ4n) is 3.03. The van der Waals surface area contributed by atoms with E-state index in [0.29, 0.717) is 12.1 Å². The largest absolute Gasteiger partial charge is 0.381 e. The molecular weight excluding hydrogens is 254 g/mol.